The molecule has 2 unspecified atom stereocenters. The van der Waals surface area contributed by atoms with E-state index in [1.165, 1.54) is 39.8 Å². The van der Waals surface area contributed by atoms with Gasteiger partial charge in [0.1, 0.15) is 0 Å². The molecule has 0 aliphatic rings. The molecule has 0 fully saturated rings. The van der Waals surface area contributed by atoms with Crippen LogP contribution in [0.4, 0.5) is 0 Å². The predicted molar refractivity (Wildman–Crippen MR) is 97.6 cm³/mol. The second kappa shape index (κ2) is 7.13. The van der Waals surface area contributed by atoms with Crippen LogP contribution >= 0.6 is 0 Å². The standard InChI is InChI=1S/C22H29/c1-15-7-12-22(20(6)13-15)18(4)9-8-17(3)21-11-10-16(2)19(5)14-21/h7,10-14,17-18H,3,8-9H2,1-2,4-6H3. The van der Waals surface area contributed by atoms with Crippen molar-refractivity contribution in [1.29, 1.82) is 0 Å². The van der Waals surface area contributed by atoms with Gasteiger partial charge in [-0.25, -0.2) is 0 Å². The highest BCUT2D eigenvalue weighted by atomic mass is 14.2. The molecule has 2 aromatic carbocycles. The Bertz CT molecular complexity index is 636. The molecule has 0 saturated carbocycles. The van der Waals surface area contributed by atoms with Gasteiger partial charge in [-0.2, -0.15) is 0 Å². The van der Waals surface area contributed by atoms with Crippen LogP contribution in [-0.4, -0.2) is 0 Å². The van der Waals surface area contributed by atoms with E-state index in [0.29, 0.717) is 11.8 Å². The van der Waals surface area contributed by atoms with E-state index in [4.69, 9.17) is 0 Å². The molecule has 0 spiro atoms. The highest BCUT2D eigenvalue weighted by Crippen LogP contribution is 2.30. The van der Waals surface area contributed by atoms with E-state index in [2.05, 4.69) is 77.9 Å². The smallest absolute Gasteiger partial charge is 0.0161 e. The SMILES string of the molecule is [CH2]C(CCC(C)c1ccc(C)cc1C)c1ccc(C)c(C)c1. The van der Waals surface area contributed by atoms with Crippen molar-refractivity contribution in [3.05, 3.63) is 76.7 Å². The molecule has 0 heterocycles. The Morgan fingerprint density at radius 3 is 2.18 bits per heavy atom. The average Bonchev–Trinajstić information content (AvgIpc) is 2.47. The maximum Gasteiger partial charge on any atom is -0.0161 e. The van der Waals surface area contributed by atoms with E-state index in [9.17, 15) is 0 Å². The maximum atomic E-state index is 4.38. The summed E-state index contributed by atoms with van der Waals surface area (Å²) in [6.45, 7) is 15.5. The summed E-state index contributed by atoms with van der Waals surface area (Å²) in [5, 5.41) is 0. The molecule has 0 aliphatic heterocycles. The summed E-state index contributed by atoms with van der Waals surface area (Å²) in [7, 11) is 0. The van der Waals surface area contributed by atoms with Gasteiger partial charge in [0.2, 0.25) is 0 Å². The minimum atomic E-state index is 0.382. The monoisotopic (exact) mass is 293 g/mol. The summed E-state index contributed by atoms with van der Waals surface area (Å²) < 4.78 is 0. The molecule has 0 amide bonds. The fourth-order valence-electron chi connectivity index (χ4n) is 3.17. The normalized spacial score (nSPS) is 13.9. The van der Waals surface area contributed by atoms with Gasteiger partial charge in [-0.3, -0.25) is 0 Å². The quantitative estimate of drug-likeness (QED) is 0.596. The molecule has 0 heteroatoms. The van der Waals surface area contributed by atoms with E-state index in [0.717, 1.165) is 6.42 Å². The van der Waals surface area contributed by atoms with Gasteiger partial charge in [0.15, 0.2) is 0 Å². The third kappa shape index (κ3) is 4.00. The third-order valence-electron chi connectivity index (χ3n) is 4.91. The molecular formula is C22H29. The van der Waals surface area contributed by atoms with Gasteiger partial charge in [-0.1, -0.05) is 48.9 Å². The molecule has 2 atom stereocenters. The number of hydrogen-bond acceptors (Lipinski definition) is 0. The number of hydrogen-bond donors (Lipinski definition) is 0. The highest BCUT2D eigenvalue weighted by molar-refractivity contribution is 5.34. The Balaban J connectivity index is 2.00. The Labute approximate surface area is 136 Å². The molecule has 0 aliphatic carbocycles. The molecule has 2 aromatic rings. The molecule has 0 nitrogen and oxygen atoms in total. The van der Waals surface area contributed by atoms with Crippen LogP contribution in [0.3, 0.4) is 0 Å². The minimum absolute atomic E-state index is 0.382. The lowest BCUT2D eigenvalue weighted by Gasteiger charge is -2.19. The summed E-state index contributed by atoms with van der Waals surface area (Å²) in [5.41, 5.74) is 8.35. The van der Waals surface area contributed by atoms with Crippen LogP contribution in [0.5, 0.6) is 0 Å². The lowest BCUT2D eigenvalue weighted by molar-refractivity contribution is 0.596. The van der Waals surface area contributed by atoms with Gasteiger partial charge < -0.3 is 0 Å². The van der Waals surface area contributed by atoms with E-state index in [-0.39, 0.29) is 0 Å². The molecule has 0 aromatic heterocycles. The summed E-state index contributed by atoms with van der Waals surface area (Å²) in [4.78, 5) is 0. The lowest BCUT2D eigenvalue weighted by atomic mass is 9.86. The first-order valence-electron chi connectivity index (χ1n) is 8.36. The van der Waals surface area contributed by atoms with Crippen LogP contribution in [0.1, 0.15) is 65.0 Å². The molecular weight excluding hydrogens is 264 g/mol. The van der Waals surface area contributed by atoms with Gasteiger partial charge in [0.25, 0.3) is 0 Å². The van der Waals surface area contributed by atoms with E-state index in [1.54, 1.807) is 0 Å². The number of benzene rings is 2. The van der Waals surface area contributed by atoms with Gasteiger partial charge in [0, 0.05) is 0 Å². The number of rotatable bonds is 5. The number of aryl methyl sites for hydroxylation is 4. The van der Waals surface area contributed by atoms with E-state index >= 15 is 0 Å². The topological polar surface area (TPSA) is 0 Å². The van der Waals surface area contributed by atoms with Crippen molar-refractivity contribution in [3.63, 3.8) is 0 Å². The molecule has 0 saturated heterocycles. The maximum absolute atomic E-state index is 4.38. The van der Waals surface area contributed by atoms with Crippen molar-refractivity contribution >= 4 is 0 Å². The van der Waals surface area contributed by atoms with Crippen LogP contribution in [0.15, 0.2) is 36.4 Å². The van der Waals surface area contributed by atoms with Gasteiger partial charge in [0.05, 0.1) is 0 Å². The average molecular weight is 293 g/mol. The van der Waals surface area contributed by atoms with Crippen molar-refractivity contribution in [2.45, 2.75) is 59.3 Å². The Hall–Kier alpha value is -1.56. The zero-order valence-electron chi connectivity index (χ0n) is 14.7. The third-order valence-corrected chi connectivity index (χ3v) is 4.91. The van der Waals surface area contributed by atoms with Gasteiger partial charge in [-0.15, -0.1) is 0 Å². The fourth-order valence-corrected chi connectivity index (χ4v) is 3.17. The summed E-state index contributed by atoms with van der Waals surface area (Å²) in [6.07, 6.45) is 2.32. The molecule has 0 N–H and O–H groups in total. The van der Waals surface area contributed by atoms with Gasteiger partial charge >= 0.3 is 0 Å². The molecule has 22 heavy (non-hydrogen) atoms. The first kappa shape index (κ1) is 16.8. The molecule has 1 radical (unpaired) electrons. The van der Waals surface area contributed by atoms with Crippen molar-refractivity contribution < 1.29 is 0 Å². The molecule has 117 valence electrons. The van der Waals surface area contributed by atoms with Crippen molar-refractivity contribution in [2.75, 3.05) is 0 Å². The van der Waals surface area contributed by atoms with Crippen LogP contribution in [0.25, 0.3) is 0 Å². The van der Waals surface area contributed by atoms with Crippen LogP contribution in [0, 0.1) is 34.6 Å². The predicted octanol–water partition coefficient (Wildman–Crippen LogP) is 6.42. The van der Waals surface area contributed by atoms with E-state index < -0.39 is 0 Å². The summed E-state index contributed by atoms with van der Waals surface area (Å²) >= 11 is 0. The Kier molecular flexibility index (Phi) is 5.45. The molecule has 2 rings (SSSR count). The van der Waals surface area contributed by atoms with Crippen molar-refractivity contribution in [1.82, 2.24) is 0 Å². The zero-order valence-corrected chi connectivity index (χ0v) is 14.7. The summed E-state index contributed by atoms with van der Waals surface area (Å²) in [5.74, 6) is 0.976. The van der Waals surface area contributed by atoms with Gasteiger partial charge in [-0.05, 0) is 87.1 Å². The van der Waals surface area contributed by atoms with Crippen LogP contribution in [-0.2, 0) is 0 Å². The Morgan fingerprint density at radius 2 is 1.55 bits per heavy atom. The minimum Gasteiger partial charge on any atom is -0.0590 e. The Morgan fingerprint density at radius 1 is 0.818 bits per heavy atom. The first-order chi connectivity index (χ1) is 10.4. The zero-order chi connectivity index (χ0) is 16.3. The second-order valence-corrected chi connectivity index (χ2v) is 6.88. The van der Waals surface area contributed by atoms with Crippen LogP contribution < -0.4 is 0 Å². The first-order valence-corrected chi connectivity index (χ1v) is 8.36. The summed E-state index contributed by atoms with van der Waals surface area (Å²) in [6, 6.07) is 13.6. The fraction of sp³-hybridized carbons (Fsp3) is 0.409. The van der Waals surface area contributed by atoms with E-state index in [1.807, 2.05) is 0 Å². The second-order valence-electron chi connectivity index (χ2n) is 6.88. The molecule has 0 bridgehead atoms. The highest BCUT2D eigenvalue weighted by Gasteiger charge is 2.12. The lowest BCUT2D eigenvalue weighted by Crippen LogP contribution is -2.01. The van der Waals surface area contributed by atoms with Crippen molar-refractivity contribution in [2.24, 2.45) is 0 Å². The van der Waals surface area contributed by atoms with Crippen molar-refractivity contribution in [3.8, 4) is 0 Å². The van der Waals surface area contributed by atoms with Crippen LogP contribution in [0.2, 0.25) is 0 Å². The largest absolute Gasteiger partial charge is 0.0590 e.